The molecule has 6 rings (SSSR count). The molecule has 6 nitrogen and oxygen atoms in total. The van der Waals surface area contributed by atoms with E-state index in [1.54, 1.807) is 0 Å². The molecule has 0 bridgehead atoms. The SMILES string of the molecule is S=C1NC2=C(CCCC2=Cc2ccc3c(c2)OCO3)C(c2ccc3c(c2)OCO3)N1. The summed E-state index contributed by atoms with van der Waals surface area (Å²) in [6.07, 6.45) is 5.31. The highest BCUT2D eigenvalue weighted by Gasteiger charge is 2.31. The van der Waals surface area contributed by atoms with Crippen molar-refractivity contribution in [1.82, 2.24) is 10.6 Å². The van der Waals surface area contributed by atoms with E-state index in [2.05, 4.69) is 28.8 Å². The second-order valence-electron chi connectivity index (χ2n) is 7.68. The van der Waals surface area contributed by atoms with E-state index in [-0.39, 0.29) is 19.6 Å². The van der Waals surface area contributed by atoms with E-state index in [1.807, 2.05) is 24.3 Å². The number of benzene rings is 2. The molecule has 1 aliphatic carbocycles. The highest BCUT2D eigenvalue weighted by atomic mass is 32.1. The van der Waals surface area contributed by atoms with Gasteiger partial charge in [-0.05, 0) is 84.1 Å². The molecule has 3 aliphatic heterocycles. The highest BCUT2D eigenvalue weighted by Crippen LogP contribution is 2.42. The number of allylic oxidation sites excluding steroid dienone is 1. The number of ether oxygens (including phenoxy) is 4. The van der Waals surface area contributed by atoms with Crippen molar-refractivity contribution in [1.29, 1.82) is 0 Å². The molecule has 152 valence electrons. The van der Waals surface area contributed by atoms with Crippen molar-refractivity contribution in [3.63, 3.8) is 0 Å². The lowest BCUT2D eigenvalue weighted by molar-refractivity contribution is 0.173. The quantitative estimate of drug-likeness (QED) is 0.707. The molecule has 1 unspecified atom stereocenters. The molecule has 30 heavy (non-hydrogen) atoms. The predicted molar refractivity (Wildman–Crippen MR) is 116 cm³/mol. The molecule has 0 fully saturated rings. The largest absolute Gasteiger partial charge is 0.454 e. The number of fused-ring (bicyclic) bond motifs is 2. The molecule has 3 heterocycles. The van der Waals surface area contributed by atoms with Crippen LogP contribution in [0.1, 0.15) is 36.4 Å². The van der Waals surface area contributed by atoms with Gasteiger partial charge in [-0.2, -0.15) is 0 Å². The summed E-state index contributed by atoms with van der Waals surface area (Å²) in [5, 5.41) is 7.49. The lowest BCUT2D eigenvalue weighted by Crippen LogP contribution is -2.45. The second-order valence-corrected chi connectivity index (χ2v) is 8.09. The van der Waals surface area contributed by atoms with E-state index < -0.39 is 0 Å². The first-order chi connectivity index (χ1) is 14.7. The molecule has 2 N–H and O–H groups in total. The molecule has 0 saturated carbocycles. The highest BCUT2D eigenvalue weighted by molar-refractivity contribution is 7.80. The van der Waals surface area contributed by atoms with Crippen LogP contribution in [0.25, 0.3) is 6.08 Å². The summed E-state index contributed by atoms with van der Waals surface area (Å²) in [6, 6.07) is 12.2. The third-order valence-corrected chi connectivity index (χ3v) is 6.08. The Bertz CT molecular complexity index is 1120. The Labute approximate surface area is 179 Å². The van der Waals surface area contributed by atoms with Crippen molar-refractivity contribution in [2.75, 3.05) is 13.6 Å². The zero-order valence-electron chi connectivity index (χ0n) is 16.2. The maximum atomic E-state index is 5.58. The van der Waals surface area contributed by atoms with E-state index in [0.717, 1.165) is 59.1 Å². The van der Waals surface area contributed by atoms with Crippen molar-refractivity contribution in [3.05, 3.63) is 64.4 Å². The lowest BCUT2D eigenvalue weighted by atomic mass is 9.83. The standard InChI is InChI=1S/C23H20N2O4S/c30-23-24-21-14(8-13-4-6-17-19(9-13)28-11-26-17)2-1-3-16(21)22(25-23)15-5-7-18-20(10-15)29-12-27-18/h4-10,22H,1-3,11-12H2,(H2,24,25,30). The van der Waals surface area contributed by atoms with Gasteiger partial charge in [0.1, 0.15) is 0 Å². The van der Waals surface area contributed by atoms with Gasteiger partial charge in [-0.3, -0.25) is 0 Å². The van der Waals surface area contributed by atoms with Crippen LogP contribution in [0.2, 0.25) is 0 Å². The fourth-order valence-electron chi connectivity index (χ4n) is 4.47. The smallest absolute Gasteiger partial charge is 0.231 e. The minimum Gasteiger partial charge on any atom is -0.454 e. The third kappa shape index (κ3) is 2.97. The van der Waals surface area contributed by atoms with Crippen LogP contribution < -0.4 is 29.6 Å². The number of nitrogens with one attached hydrogen (secondary N) is 2. The van der Waals surface area contributed by atoms with E-state index in [9.17, 15) is 0 Å². The summed E-state index contributed by atoms with van der Waals surface area (Å²) in [7, 11) is 0. The van der Waals surface area contributed by atoms with Gasteiger partial charge in [0.05, 0.1) is 6.04 Å². The summed E-state index contributed by atoms with van der Waals surface area (Å²) >= 11 is 5.56. The maximum absolute atomic E-state index is 5.58. The first-order valence-electron chi connectivity index (χ1n) is 10.1. The molecular weight excluding hydrogens is 400 g/mol. The number of rotatable bonds is 2. The van der Waals surface area contributed by atoms with Crippen molar-refractivity contribution >= 4 is 23.4 Å². The molecule has 0 aromatic heterocycles. The average molecular weight is 420 g/mol. The van der Waals surface area contributed by atoms with Crippen LogP contribution in [0.4, 0.5) is 0 Å². The minimum absolute atomic E-state index is 0.0173. The van der Waals surface area contributed by atoms with Crippen LogP contribution in [0.3, 0.4) is 0 Å². The normalized spacial score (nSPS) is 22.6. The third-order valence-electron chi connectivity index (χ3n) is 5.86. The lowest BCUT2D eigenvalue weighted by Gasteiger charge is -2.36. The molecule has 2 aromatic carbocycles. The molecule has 0 amide bonds. The van der Waals surface area contributed by atoms with E-state index in [1.165, 1.54) is 11.1 Å². The van der Waals surface area contributed by atoms with Crippen LogP contribution in [0.15, 0.2) is 53.2 Å². The zero-order chi connectivity index (χ0) is 20.1. The van der Waals surface area contributed by atoms with Gasteiger partial charge in [-0.25, -0.2) is 0 Å². The van der Waals surface area contributed by atoms with Gasteiger partial charge in [0.2, 0.25) is 13.6 Å². The summed E-state index contributed by atoms with van der Waals surface area (Å²) < 4.78 is 22.0. The number of hydrogen-bond donors (Lipinski definition) is 2. The van der Waals surface area contributed by atoms with Crippen LogP contribution in [0, 0.1) is 0 Å². The molecule has 2 aromatic rings. The van der Waals surface area contributed by atoms with E-state index in [0.29, 0.717) is 5.11 Å². The fraction of sp³-hybridized carbons (Fsp3) is 0.261. The van der Waals surface area contributed by atoms with Gasteiger partial charge >= 0.3 is 0 Å². The molecule has 0 saturated heterocycles. The molecule has 4 aliphatic rings. The van der Waals surface area contributed by atoms with Gasteiger partial charge < -0.3 is 29.6 Å². The first-order valence-corrected chi connectivity index (χ1v) is 10.5. The van der Waals surface area contributed by atoms with Crippen LogP contribution in [-0.4, -0.2) is 18.7 Å². The van der Waals surface area contributed by atoms with Crippen LogP contribution >= 0.6 is 12.2 Å². The predicted octanol–water partition coefficient (Wildman–Crippen LogP) is 4.18. The van der Waals surface area contributed by atoms with Crippen LogP contribution in [-0.2, 0) is 0 Å². The molecule has 7 heteroatoms. The number of hydrogen-bond acceptors (Lipinski definition) is 5. The number of thiocarbonyl (C=S) groups is 1. The molecule has 0 radical (unpaired) electrons. The van der Waals surface area contributed by atoms with Crippen molar-refractivity contribution in [2.24, 2.45) is 0 Å². The van der Waals surface area contributed by atoms with E-state index in [4.69, 9.17) is 31.2 Å². The second kappa shape index (κ2) is 6.95. The summed E-state index contributed by atoms with van der Waals surface area (Å²) in [5.41, 5.74) is 5.92. The van der Waals surface area contributed by atoms with Crippen molar-refractivity contribution in [3.8, 4) is 23.0 Å². The monoisotopic (exact) mass is 420 g/mol. The molecular formula is C23H20N2O4S. The van der Waals surface area contributed by atoms with Crippen molar-refractivity contribution in [2.45, 2.75) is 25.3 Å². The fourth-order valence-corrected chi connectivity index (χ4v) is 4.69. The Kier molecular flexibility index (Phi) is 4.09. The van der Waals surface area contributed by atoms with Gasteiger partial charge in [0.15, 0.2) is 28.1 Å². The summed E-state index contributed by atoms with van der Waals surface area (Å²) in [4.78, 5) is 0. The Morgan fingerprint density at radius 1 is 0.867 bits per heavy atom. The summed E-state index contributed by atoms with van der Waals surface area (Å²) in [6.45, 7) is 0.552. The Hall–Kier alpha value is -3.19. The summed E-state index contributed by atoms with van der Waals surface area (Å²) in [5.74, 6) is 3.16. The Balaban J connectivity index is 1.39. The van der Waals surface area contributed by atoms with Gasteiger partial charge in [0, 0.05) is 5.70 Å². The van der Waals surface area contributed by atoms with Gasteiger partial charge in [-0.15, -0.1) is 0 Å². The first kappa shape index (κ1) is 17.7. The average Bonchev–Trinajstić information content (AvgIpc) is 3.42. The van der Waals surface area contributed by atoms with Crippen LogP contribution in [0.5, 0.6) is 23.0 Å². The zero-order valence-corrected chi connectivity index (χ0v) is 17.0. The topological polar surface area (TPSA) is 61.0 Å². The minimum atomic E-state index is 0.0173. The van der Waals surface area contributed by atoms with E-state index >= 15 is 0 Å². The Morgan fingerprint density at radius 2 is 1.60 bits per heavy atom. The maximum Gasteiger partial charge on any atom is 0.231 e. The molecule has 1 atom stereocenters. The van der Waals surface area contributed by atoms with Gasteiger partial charge in [0.25, 0.3) is 0 Å². The Morgan fingerprint density at radius 3 is 2.43 bits per heavy atom. The van der Waals surface area contributed by atoms with Crippen molar-refractivity contribution < 1.29 is 18.9 Å². The van der Waals surface area contributed by atoms with Gasteiger partial charge in [-0.1, -0.05) is 12.1 Å². The molecule has 0 spiro atoms.